The van der Waals surface area contributed by atoms with Crippen LogP contribution in [0.5, 0.6) is 5.75 Å². The van der Waals surface area contributed by atoms with E-state index in [0.29, 0.717) is 25.2 Å². The smallest absolute Gasteiger partial charge is 0.257 e. The van der Waals surface area contributed by atoms with Crippen LogP contribution in [0.2, 0.25) is 0 Å². The minimum Gasteiger partial charge on any atom is -0.506 e. The number of piperidine rings is 1. The summed E-state index contributed by atoms with van der Waals surface area (Å²) in [5.74, 6) is -1.46. The molecule has 1 N–H and O–H groups in total. The highest BCUT2D eigenvalue weighted by Gasteiger charge is 2.39. The van der Waals surface area contributed by atoms with Gasteiger partial charge in [-0.2, -0.15) is 0 Å². The van der Waals surface area contributed by atoms with E-state index in [1.165, 1.54) is 12.1 Å². The number of phenols is 1. The van der Waals surface area contributed by atoms with Gasteiger partial charge in [-0.1, -0.05) is 30.3 Å². The lowest BCUT2D eigenvalue weighted by Crippen LogP contribution is -2.49. The van der Waals surface area contributed by atoms with Crippen LogP contribution in [0.15, 0.2) is 59.4 Å². The fourth-order valence-corrected chi connectivity index (χ4v) is 5.57. The minimum atomic E-state index is -0.462. The first-order chi connectivity index (χ1) is 15.9. The molecule has 7 heteroatoms. The average Bonchev–Trinajstić information content (AvgIpc) is 2.82. The molecule has 2 atom stereocenters. The zero-order chi connectivity index (χ0) is 22.9. The van der Waals surface area contributed by atoms with Crippen molar-refractivity contribution in [2.75, 3.05) is 13.1 Å². The molecule has 1 aliphatic carbocycles. The molecule has 2 aromatic carbocycles. The number of rotatable bonds is 1. The van der Waals surface area contributed by atoms with Gasteiger partial charge in [0.15, 0.2) is 11.6 Å². The molecule has 0 radical (unpaired) electrons. The maximum Gasteiger partial charge on any atom is 0.257 e. The highest BCUT2D eigenvalue weighted by Crippen LogP contribution is 2.38. The Balaban J connectivity index is 1.36. The Morgan fingerprint density at radius 3 is 2.36 bits per heavy atom. The molecule has 0 unspecified atom stereocenters. The van der Waals surface area contributed by atoms with E-state index in [-0.39, 0.29) is 51.3 Å². The molecule has 0 spiro atoms. The van der Waals surface area contributed by atoms with E-state index >= 15 is 0 Å². The van der Waals surface area contributed by atoms with Crippen LogP contribution in [-0.2, 0) is 6.54 Å². The van der Waals surface area contributed by atoms with Crippen molar-refractivity contribution in [1.29, 1.82) is 0 Å². The summed E-state index contributed by atoms with van der Waals surface area (Å²) in [5.41, 5.74) is 1.42. The van der Waals surface area contributed by atoms with Crippen molar-refractivity contribution in [2.45, 2.75) is 18.9 Å². The number of benzene rings is 2. The summed E-state index contributed by atoms with van der Waals surface area (Å²) in [6.07, 6.45) is 0.896. The largest absolute Gasteiger partial charge is 0.506 e. The third-order valence-electron chi connectivity index (χ3n) is 7.06. The topological polar surface area (TPSA) is 96.7 Å². The first kappa shape index (κ1) is 19.7. The maximum absolute atomic E-state index is 13.5. The van der Waals surface area contributed by atoms with Gasteiger partial charge in [-0.25, -0.2) is 0 Å². The van der Waals surface area contributed by atoms with Crippen molar-refractivity contribution < 1.29 is 19.5 Å². The van der Waals surface area contributed by atoms with Crippen LogP contribution in [-0.4, -0.2) is 45.1 Å². The Hall–Kier alpha value is -4.00. The zero-order valence-corrected chi connectivity index (χ0v) is 17.7. The highest BCUT2D eigenvalue weighted by atomic mass is 16.3. The predicted octanol–water partition coefficient (Wildman–Crippen LogP) is 2.59. The third-order valence-corrected chi connectivity index (χ3v) is 7.06. The Morgan fingerprint density at radius 1 is 0.818 bits per heavy atom. The second kappa shape index (κ2) is 7.00. The first-order valence-corrected chi connectivity index (χ1v) is 11.0. The lowest BCUT2D eigenvalue weighted by molar-refractivity contribution is 0.0591. The molecule has 0 saturated carbocycles. The van der Waals surface area contributed by atoms with E-state index < -0.39 is 11.5 Å². The number of carbonyl (C=O) groups is 3. The number of ketones is 2. The summed E-state index contributed by atoms with van der Waals surface area (Å²) in [4.78, 5) is 53.3. The normalized spacial score (nSPS) is 20.7. The monoisotopic (exact) mass is 440 g/mol. The molecule has 3 aliphatic rings. The van der Waals surface area contributed by atoms with Crippen molar-refractivity contribution in [2.24, 2.45) is 5.92 Å². The summed E-state index contributed by atoms with van der Waals surface area (Å²) < 4.78 is 1.79. The Morgan fingerprint density at radius 2 is 1.58 bits per heavy atom. The van der Waals surface area contributed by atoms with Gasteiger partial charge in [0.25, 0.3) is 11.5 Å². The molecule has 1 fully saturated rings. The number of pyridine rings is 1. The Bertz CT molecular complexity index is 1440. The minimum absolute atomic E-state index is 0.0136. The fraction of sp³-hybridized carbons (Fsp3) is 0.231. The SMILES string of the molecule is O=C1c2ccccc2C(=O)c2c1ccc(C(=O)N1C[C@H]3C[C@H](C1)c1cccc(=O)n1C3)c2O. The van der Waals surface area contributed by atoms with Gasteiger partial charge >= 0.3 is 0 Å². The average molecular weight is 440 g/mol. The predicted molar refractivity (Wildman–Crippen MR) is 119 cm³/mol. The molecule has 2 aliphatic heterocycles. The van der Waals surface area contributed by atoms with Crippen molar-refractivity contribution in [3.05, 3.63) is 98.5 Å². The molecular weight excluding hydrogens is 420 g/mol. The number of aromatic hydroxyl groups is 1. The summed E-state index contributed by atoms with van der Waals surface area (Å²) >= 11 is 0. The molecule has 33 heavy (non-hydrogen) atoms. The molecule has 3 aromatic rings. The highest BCUT2D eigenvalue weighted by molar-refractivity contribution is 6.30. The quantitative estimate of drug-likeness (QED) is 0.491. The Labute approximate surface area is 188 Å². The molecule has 3 heterocycles. The summed E-state index contributed by atoms with van der Waals surface area (Å²) in [7, 11) is 0. The molecule has 6 rings (SSSR count). The van der Waals surface area contributed by atoms with E-state index in [2.05, 4.69) is 0 Å². The number of hydrogen-bond acceptors (Lipinski definition) is 5. The molecule has 1 amide bonds. The van der Waals surface area contributed by atoms with Crippen molar-refractivity contribution >= 4 is 17.5 Å². The van der Waals surface area contributed by atoms with Gasteiger partial charge in [0, 0.05) is 54.0 Å². The number of phenolic OH excluding ortho intramolecular Hbond substituents is 1. The second-order valence-electron chi connectivity index (χ2n) is 9.00. The maximum atomic E-state index is 13.5. The molecular formula is C26H20N2O5. The van der Waals surface area contributed by atoms with E-state index in [9.17, 15) is 24.3 Å². The van der Waals surface area contributed by atoms with E-state index in [1.54, 1.807) is 45.9 Å². The van der Waals surface area contributed by atoms with Crippen LogP contribution in [0, 0.1) is 5.92 Å². The number of amides is 1. The second-order valence-corrected chi connectivity index (χ2v) is 9.00. The standard InChI is InChI=1S/C26H20N2O5/c29-21-7-3-6-20-15-10-14(12-28(20)21)11-27(13-15)26(33)19-9-8-18-22(25(19)32)24(31)17-5-2-1-4-16(17)23(18)30/h1-9,14-15,32H,10-13H2/t14-,15-/m1/s1. The van der Waals surface area contributed by atoms with Gasteiger partial charge < -0.3 is 14.6 Å². The van der Waals surface area contributed by atoms with Gasteiger partial charge in [-0.3, -0.25) is 19.2 Å². The molecule has 1 saturated heterocycles. The van der Waals surface area contributed by atoms with E-state index in [0.717, 1.165) is 12.1 Å². The molecule has 7 nitrogen and oxygen atoms in total. The van der Waals surface area contributed by atoms with Crippen LogP contribution in [0.3, 0.4) is 0 Å². The van der Waals surface area contributed by atoms with Gasteiger partial charge in [0.1, 0.15) is 5.75 Å². The number of likely N-dealkylation sites (tertiary alicyclic amines) is 1. The number of carbonyl (C=O) groups excluding carboxylic acids is 3. The number of aromatic nitrogens is 1. The molecule has 164 valence electrons. The zero-order valence-electron chi connectivity index (χ0n) is 17.7. The molecule has 1 aromatic heterocycles. The van der Waals surface area contributed by atoms with Gasteiger partial charge in [-0.05, 0) is 30.5 Å². The van der Waals surface area contributed by atoms with Gasteiger partial charge in [-0.15, -0.1) is 0 Å². The number of hydrogen-bond donors (Lipinski definition) is 1. The molecule has 2 bridgehead atoms. The number of fused-ring (bicyclic) bond motifs is 6. The lowest BCUT2D eigenvalue weighted by atomic mass is 9.81. The van der Waals surface area contributed by atoms with Crippen LogP contribution < -0.4 is 5.56 Å². The van der Waals surface area contributed by atoms with Crippen molar-refractivity contribution in [3.8, 4) is 5.75 Å². The summed E-state index contributed by atoms with van der Waals surface area (Å²) in [6, 6.07) is 14.6. The number of nitrogens with zero attached hydrogens (tertiary/aromatic N) is 2. The van der Waals surface area contributed by atoms with Crippen LogP contribution in [0.4, 0.5) is 0 Å². The summed E-state index contributed by atoms with van der Waals surface area (Å²) in [5, 5.41) is 11.0. The van der Waals surface area contributed by atoms with Crippen LogP contribution >= 0.6 is 0 Å². The fourth-order valence-electron chi connectivity index (χ4n) is 5.57. The van der Waals surface area contributed by atoms with Gasteiger partial charge in [0.2, 0.25) is 0 Å². The first-order valence-electron chi connectivity index (χ1n) is 11.0. The van der Waals surface area contributed by atoms with Crippen LogP contribution in [0.1, 0.15) is 60.2 Å². The summed E-state index contributed by atoms with van der Waals surface area (Å²) in [6.45, 7) is 1.43. The third kappa shape index (κ3) is 2.81. The lowest BCUT2D eigenvalue weighted by Gasteiger charge is -2.42. The van der Waals surface area contributed by atoms with Crippen LogP contribution in [0.25, 0.3) is 0 Å². The van der Waals surface area contributed by atoms with E-state index in [4.69, 9.17) is 0 Å². The van der Waals surface area contributed by atoms with E-state index in [1.807, 2.05) is 6.07 Å². The van der Waals surface area contributed by atoms with Gasteiger partial charge in [0.05, 0.1) is 11.1 Å². The van der Waals surface area contributed by atoms with Crippen molar-refractivity contribution in [1.82, 2.24) is 9.47 Å². The van der Waals surface area contributed by atoms with Crippen molar-refractivity contribution in [3.63, 3.8) is 0 Å². The Kier molecular flexibility index (Phi) is 4.17.